The molecule has 1 heterocycles. The zero-order chi connectivity index (χ0) is 17.3. The molecule has 3 rings (SSSR count). The van der Waals surface area contributed by atoms with Crippen molar-refractivity contribution in [1.82, 2.24) is 4.98 Å². The SMILES string of the molecule is CN(C)c1ccc(NC(=O)c2nccc3c(F)ccc(Br)c23)cc1. The molecule has 122 valence electrons. The Kier molecular flexibility index (Phi) is 4.49. The molecular weight excluding hydrogens is 373 g/mol. The largest absolute Gasteiger partial charge is 0.378 e. The van der Waals surface area contributed by atoms with E-state index in [9.17, 15) is 9.18 Å². The Morgan fingerprint density at radius 3 is 2.50 bits per heavy atom. The van der Waals surface area contributed by atoms with E-state index in [4.69, 9.17) is 0 Å². The molecule has 4 nitrogen and oxygen atoms in total. The van der Waals surface area contributed by atoms with Crippen LogP contribution in [0, 0.1) is 5.82 Å². The van der Waals surface area contributed by atoms with E-state index in [0.717, 1.165) is 5.69 Å². The van der Waals surface area contributed by atoms with E-state index < -0.39 is 0 Å². The molecular formula is C18H15BrFN3O. The predicted molar refractivity (Wildman–Crippen MR) is 98.1 cm³/mol. The van der Waals surface area contributed by atoms with Gasteiger partial charge in [0, 0.05) is 46.9 Å². The topological polar surface area (TPSA) is 45.2 Å². The van der Waals surface area contributed by atoms with Crippen LogP contribution in [0.15, 0.2) is 53.1 Å². The molecule has 0 radical (unpaired) electrons. The Morgan fingerprint density at radius 1 is 1.12 bits per heavy atom. The number of hydrogen-bond donors (Lipinski definition) is 1. The molecule has 0 unspecified atom stereocenters. The molecule has 0 aliphatic heterocycles. The van der Waals surface area contributed by atoms with Crippen LogP contribution >= 0.6 is 15.9 Å². The van der Waals surface area contributed by atoms with Crippen LogP contribution in [-0.4, -0.2) is 25.0 Å². The molecule has 24 heavy (non-hydrogen) atoms. The molecule has 0 atom stereocenters. The first-order chi connectivity index (χ1) is 11.5. The average molecular weight is 388 g/mol. The minimum atomic E-state index is -0.389. The van der Waals surface area contributed by atoms with Gasteiger partial charge in [-0.05, 0) is 42.5 Å². The van der Waals surface area contributed by atoms with Gasteiger partial charge in [-0.15, -0.1) is 0 Å². The van der Waals surface area contributed by atoms with Crippen LogP contribution in [0.5, 0.6) is 0 Å². The summed E-state index contributed by atoms with van der Waals surface area (Å²) >= 11 is 3.37. The molecule has 0 aliphatic carbocycles. The monoisotopic (exact) mass is 387 g/mol. The van der Waals surface area contributed by atoms with Crippen LogP contribution in [0.3, 0.4) is 0 Å². The molecule has 0 spiro atoms. The van der Waals surface area contributed by atoms with E-state index in [1.54, 1.807) is 12.1 Å². The first kappa shape index (κ1) is 16.4. The molecule has 1 amide bonds. The zero-order valence-corrected chi connectivity index (χ0v) is 14.8. The Hall–Kier alpha value is -2.47. The van der Waals surface area contributed by atoms with Crippen LogP contribution in [0.25, 0.3) is 10.8 Å². The van der Waals surface area contributed by atoms with Crippen LogP contribution in [-0.2, 0) is 0 Å². The normalized spacial score (nSPS) is 10.7. The van der Waals surface area contributed by atoms with Crippen molar-refractivity contribution in [2.75, 3.05) is 24.3 Å². The Bertz CT molecular complexity index is 910. The summed E-state index contributed by atoms with van der Waals surface area (Å²) in [5.74, 6) is -0.774. The summed E-state index contributed by atoms with van der Waals surface area (Å²) in [4.78, 5) is 18.7. The number of pyridine rings is 1. The van der Waals surface area contributed by atoms with E-state index in [-0.39, 0.29) is 17.4 Å². The maximum absolute atomic E-state index is 14.0. The van der Waals surface area contributed by atoms with E-state index in [1.165, 1.54) is 12.3 Å². The number of carbonyl (C=O) groups excluding carboxylic acids is 1. The van der Waals surface area contributed by atoms with E-state index >= 15 is 0 Å². The van der Waals surface area contributed by atoms with Crippen molar-refractivity contribution in [2.45, 2.75) is 0 Å². The van der Waals surface area contributed by atoms with Crippen molar-refractivity contribution < 1.29 is 9.18 Å². The van der Waals surface area contributed by atoms with Crippen LogP contribution < -0.4 is 10.2 Å². The molecule has 0 bridgehead atoms. The number of halogens is 2. The number of fused-ring (bicyclic) bond motifs is 1. The number of aromatic nitrogens is 1. The standard InChI is InChI=1S/C18H15BrFN3O/c1-23(2)12-5-3-11(4-6-12)22-18(24)17-16-13(9-10-21-17)15(20)8-7-14(16)19/h3-10H,1-2H3,(H,22,24). The highest BCUT2D eigenvalue weighted by atomic mass is 79.9. The molecule has 0 fully saturated rings. The summed E-state index contributed by atoms with van der Waals surface area (Å²) in [6.07, 6.45) is 1.43. The number of hydrogen-bond acceptors (Lipinski definition) is 3. The second-order valence-corrected chi connectivity index (χ2v) is 6.36. The van der Waals surface area contributed by atoms with Gasteiger partial charge in [-0.1, -0.05) is 15.9 Å². The minimum absolute atomic E-state index is 0.176. The van der Waals surface area contributed by atoms with Crippen LogP contribution in [0.4, 0.5) is 15.8 Å². The third-order valence-electron chi connectivity index (χ3n) is 3.68. The Morgan fingerprint density at radius 2 is 1.83 bits per heavy atom. The summed E-state index contributed by atoms with van der Waals surface area (Å²) in [7, 11) is 3.89. The van der Waals surface area contributed by atoms with E-state index in [1.807, 2.05) is 43.3 Å². The lowest BCUT2D eigenvalue weighted by atomic mass is 10.1. The fraction of sp³-hybridized carbons (Fsp3) is 0.111. The van der Waals surface area contributed by atoms with Crippen molar-refractivity contribution in [3.63, 3.8) is 0 Å². The summed E-state index contributed by atoms with van der Waals surface area (Å²) in [6.45, 7) is 0. The smallest absolute Gasteiger partial charge is 0.274 e. The molecule has 1 N–H and O–H groups in total. The van der Waals surface area contributed by atoms with Gasteiger partial charge in [-0.25, -0.2) is 4.39 Å². The number of benzene rings is 2. The maximum atomic E-state index is 14.0. The van der Waals surface area contributed by atoms with Crippen LogP contribution in [0.1, 0.15) is 10.5 Å². The first-order valence-electron chi connectivity index (χ1n) is 7.29. The van der Waals surface area contributed by atoms with Gasteiger partial charge in [0.05, 0.1) is 0 Å². The molecule has 6 heteroatoms. The average Bonchev–Trinajstić information content (AvgIpc) is 2.58. The fourth-order valence-corrected chi connectivity index (χ4v) is 2.96. The number of carbonyl (C=O) groups is 1. The van der Waals surface area contributed by atoms with Crippen molar-refractivity contribution in [2.24, 2.45) is 0 Å². The minimum Gasteiger partial charge on any atom is -0.378 e. The summed E-state index contributed by atoms with van der Waals surface area (Å²) < 4.78 is 14.6. The van der Waals surface area contributed by atoms with Gasteiger partial charge in [-0.3, -0.25) is 9.78 Å². The van der Waals surface area contributed by atoms with Crippen LogP contribution in [0.2, 0.25) is 0 Å². The molecule has 1 aromatic heterocycles. The molecule has 0 saturated carbocycles. The lowest BCUT2D eigenvalue weighted by Gasteiger charge is -2.13. The number of rotatable bonds is 3. The van der Waals surface area contributed by atoms with E-state index in [2.05, 4.69) is 26.2 Å². The lowest BCUT2D eigenvalue weighted by molar-refractivity contribution is 0.102. The zero-order valence-electron chi connectivity index (χ0n) is 13.2. The summed E-state index contributed by atoms with van der Waals surface area (Å²) in [5, 5.41) is 3.61. The maximum Gasteiger partial charge on any atom is 0.274 e. The summed E-state index contributed by atoms with van der Waals surface area (Å²) in [6, 6.07) is 11.9. The number of nitrogens with zero attached hydrogens (tertiary/aromatic N) is 2. The second-order valence-electron chi connectivity index (χ2n) is 5.51. The van der Waals surface area contributed by atoms with Gasteiger partial charge in [0.25, 0.3) is 5.91 Å². The van der Waals surface area contributed by atoms with Crippen molar-refractivity contribution >= 4 is 44.0 Å². The second kappa shape index (κ2) is 6.57. The number of amides is 1. The number of nitrogens with one attached hydrogen (secondary N) is 1. The highest BCUT2D eigenvalue weighted by Gasteiger charge is 2.16. The van der Waals surface area contributed by atoms with Crippen molar-refractivity contribution in [3.05, 3.63) is 64.6 Å². The van der Waals surface area contributed by atoms with Gasteiger partial charge in [-0.2, -0.15) is 0 Å². The van der Waals surface area contributed by atoms with Gasteiger partial charge < -0.3 is 10.2 Å². The fourth-order valence-electron chi connectivity index (χ4n) is 2.43. The Labute approximate surface area is 147 Å². The molecule has 0 saturated heterocycles. The lowest BCUT2D eigenvalue weighted by Crippen LogP contribution is -2.15. The number of anilines is 2. The predicted octanol–water partition coefficient (Wildman–Crippen LogP) is 4.45. The quantitative estimate of drug-likeness (QED) is 0.721. The Balaban J connectivity index is 1.96. The highest BCUT2D eigenvalue weighted by Crippen LogP contribution is 2.28. The molecule has 3 aromatic rings. The van der Waals surface area contributed by atoms with Crippen molar-refractivity contribution in [3.8, 4) is 0 Å². The third kappa shape index (κ3) is 3.10. The molecule has 2 aromatic carbocycles. The summed E-state index contributed by atoms with van der Waals surface area (Å²) in [5.41, 5.74) is 1.86. The van der Waals surface area contributed by atoms with Gasteiger partial charge in [0.15, 0.2) is 0 Å². The van der Waals surface area contributed by atoms with E-state index in [0.29, 0.717) is 20.9 Å². The third-order valence-corrected chi connectivity index (χ3v) is 4.34. The highest BCUT2D eigenvalue weighted by molar-refractivity contribution is 9.10. The van der Waals surface area contributed by atoms with Gasteiger partial charge in [0.1, 0.15) is 11.5 Å². The van der Waals surface area contributed by atoms with Crippen molar-refractivity contribution in [1.29, 1.82) is 0 Å². The molecule has 0 aliphatic rings. The van der Waals surface area contributed by atoms with Gasteiger partial charge in [0.2, 0.25) is 0 Å². The first-order valence-corrected chi connectivity index (χ1v) is 8.08. The van der Waals surface area contributed by atoms with Gasteiger partial charge >= 0.3 is 0 Å².